The number of anilines is 1. The van der Waals surface area contributed by atoms with E-state index in [-0.39, 0.29) is 5.75 Å². The van der Waals surface area contributed by atoms with Crippen LogP contribution in [-0.4, -0.2) is 33.5 Å². The summed E-state index contributed by atoms with van der Waals surface area (Å²) in [4.78, 5) is 3.86. The molecule has 0 spiro atoms. The zero-order chi connectivity index (χ0) is 18.6. The van der Waals surface area contributed by atoms with Crippen LogP contribution in [0.3, 0.4) is 0 Å². The first kappa shape index (κ1) is 17.5. The first-order valence-electron chi connectivity index (χ1n) is 7.44. The highest BCUT2D eigenvalue weighted by atomic mass is 19.4. The summed E-state index contributed by atoms with van der Waals surface area (Å²) in [5.41, 5.74) is 1.45. The zero-order valence-electron chi connectivity index (χ0n) is 13.6. The SMILES string of the molecule is COc1ccc(-n2cc(CNc3ccc(OC(F)(F)F)cn3)nn2)cc1. The van der Waals surface area contributed by atoms with Crippen LogP contribution < -0.4 is 14.8 Å². The summed E-state index contributed by atoms with van der Waals surface area (Å²) in [5.74, 6) is 0.742. The Morgan fingerprint density at radius 3 is 2.42 bits per heavy atom. The highest BCUT2D eigenvalue weighted by Gasteiger charge is 2.31. The Balaban J connectivity index is 1.59. The summed E-state index contributed by atoms with van der Waals surface area (Å²) in [5, 5.41) is 11.0. The van der Waals surface area contributed by atoms with E-state index in [1.807, 2.05) is 24.3 Å². The van der Waals surface area contributed by atoms with E-state index < -0.39 is 6.36 Å². The second kappa shape index (κ2) is 7.30. The standard InChI is InChI=1S/C16H14F3N5O2/c1-25-13-4-2-12(3-5-13)24-10-11(22-23-24)8-20-15-7-6-14(9-21-15)26-16(17,18)19/h2-7,9-10H,8H2,1H3,(H,20,21). The van der Waals surface area contributed by atoms with E-state index in [0.29, 0.717) is 18.1 Å². The maximum Gasteiger partial charge on any atom is 0.573 e. The van der Waals surface area contributed by atoms with Crippen LogP contribution in [0.2, 0.25) is 0 Å². The molecule has 2 aromatic heterocycles. The van der Waals surface area contributed by atoms with Crippen LogP contribution in [0.4, 0.5) is 19.0 Å². The van der Waals surface area contributed by atoms with Gasteiger partial charge < -0.3 is 14.8 Å². The highest BCUT2D eigenvalue weighted by molar-refractivity contribution is 5.39. The van der Waals surface area contributed by atoms with Crippen molar-refractivity contribution in [1.82, 2.24) is 20.0 Å². The summed E-state index contributed by atoms with van der Waals surface area (Å²) in [6.07, 6.45) is -2.02. The Morgan fingerprint density at radius 2 is 1.81 bits per heavy atom. The molecule has 2 heterocycles. The van der Waals surface area contributed by atoms with Gasteiger partial charge in [0.2, 0.25) is 0 Å². The zero-order valence-corrected chi connectivity index (χ0v) is 13.6. The number of alkyl halides is 3. The minimum absolute atomic E-state index is 0.308. The van der Waals surface area contributed by atoms with Gasteiger partial charge in [-0.25, -0.2) is 9.67 Å². The van der Waals surface area contributed by atoms with Gasteiger partial charge in [-0.15, -0.1) is 18.3 Å². The molecule has 3 rings (SSSR count). The summed E-state index contributed by atoms with van der Waals surface area (Å²) in [6, 6.07) is 9.86. The molecule has 0 aliphatic carbocycles. The molecule has 136 valence electrons. The predicted molar refractivity (Wildman–Crippen MR) is 86.2 cm³/mol. The van der Waals surface area contributed by atoms with Crippen LogP contribution in [0.25, 0.3) is 5.69 Å². The number of nitrogens with one attached hydrogen (secondary N) is 1. The number of halogens is 3. The second-order valence-electron chi connectivity index (χ2n) is 5.13. The van der Waals surface area contributed by atoms with Crippen molar-refractivity contribution in [2.24, 2.45) is 0 Å². The van der Waals surface area contributed by atoms with Crippen LogP contribution in [0.15, 0.2) is 48.8 Å². The summed E-state index contributed by atoms with van der Waals surface area (Å²) in [7, 11) is 1.59. The van der Waals surface area contributed by atoms with Gasteiger partial charge in [-0.2, -0.15) is 0 Å². The molecule has 26 heavy (non-hydrogen) atoms. The quantitative estimate of drug-likeness (QED) is 0.723. The summed E-state index contributed by atoms with van der Waals surface area (Å²) in [6.45, 7) is 0.308. The van der Waals surface area contributed by atoms with E-state index in [9.17, 15) is 13.2 Å². The Labute approximate surface area is 146 Å². The summed E-state index contributed by atoms with van der Waals surface area (Å²) < 4.78 is 46.8. The van der Waals surface area contributed by atoms with E-state index in [4.69, 9.17) is 4.74 Å². The lowest BCUT2D eigenvalue weighted by Crippen LogP contribution is -2.17. The van der Waals surface area contributed by atoms with Crippen molar-refractivity contribution in [2.45, 2.75) is 12.9 Å². The van der Waals surface area contributed by atoms with E-state index in [1.165, 1.54) is 12.1 Å². The number of aromatic nitrogens is 4. The topological polar surface area (TPSA) is 74.1 Å². The third-order valence-electron chi connectivity index (χ3n) is 3.30. The number of hydrogen-bond acceptors (Lipinski definition) is 6. The maximum absolute atomic E-state index is 12.1. The van der Waals surface area contributed by atoms with Gasteiger partial charge >= 0.3 is 6.36 Å². The van der Waals surface area contributed by atoms with Crippen LogP contribution in [0, 0.1) is 0 Å². The fraction of sp³-hybridized carbons (Fsp3) is 0.188. The molecule has 1 aromatic carbocycles. The van der Waals surface area contributed by atoms with Crippen LogP contribution in [0.5, 0.6) is 11.5 Å². The molecule has 0 atom stereocenters. The highest BCUT2D eigenvalue weighted by Crippen LogP contribution is 2.22. The number of rotatable bonds is 6. The lowest BCUT2D eigenvalue weighted by molar-refractivity contribution is -0.274. The lowest BCUT2D eigenvalue weighted by atomic mass is 10.3. The molecule has 1 N–H and O–H groups in total. The number of benzene rings is 1. The Kier molecular flexibility index (Phi) is 4.92. The van der Waals surface area contributed by atoms with Crippen molar-refractivity contribution in [1.29, 1.82) is 0 Å². The third-order valence-corrected chi connectivity index (χ3v) is 3.30. The van der Waals surface area contributed by atoms with Gasteiger partial charge in [0.1, 0.15) is 23.0 Å². The van der Waals surface area contributed by atoms with Crippen molar-refractivity contribution in [2.75, 3.05) is 12.4 Å². The molecule has 7 nitrogen and oxygen atoms in total. The lowest BCUT2D eigenvalue weighted by Gasteiger charge is -2.09. The first-order chi connectivity index (χ1) is 12.4. The van der Waals surface area contributed by atoms with Gasteiger partial charge in [0.15, 0.2) is 0 Å². The van der Waals surface area contributed by atoms with Gasteiger partial charge in [0.05, 0.1) is 31.7 Å². The van der Waals surface area contributed by atoms with Crippen molar-refractivity contribution in [3.8, 4) is 17.2 Å². The predicted octanol–water partition coefficient (Wildman–Crippen LogP) is 3.18. The molecule has 0 saturated heterocycles. The normalized spacial score (nSPS) is 11.2. The van der Waals surface area contributed by atoms with Crippen LogP contribution >= 0.6 is 0 Å². The molecule has 0 aliphatic heterocycles. The van der Waals surface area contributed by atoms with E-state index in [1.54, 1.807) is 18.0 Å². The first-order valence-corrected chi connectivity index (χ1v) is 7.44. The number of ether oxygens (including phenoxy) is 2. The Hall–Kier alpha value is -3.30. The molecule has 0 amide bonds. The molecule has 0 aliphatic rings. The monoisotopic (exact) mass is 365 g/mol. The van der Waals surface area contributed by atoms with Crippen molar-refractivity contribution in [3.05, 3.63) is 54.5 Å². The molecular formula is C16H14F3N5O2. The van der Waals surface area contributed by atoms with Crippen molar-refractivity contribution < 1.29 is 22.6 Å². The number of hydrogen-bond donors (Lipinski definition) is 1. The average Bonchev–Trinajstić information content (AvgIpc) is 3.09. The molecule has 0 fully saturated rings. The minimum atomic E-state index is -4.74. The molecule has 0 radical (unpaired) electrons. The molecular weight excluding hydrogens is 351 g/mol. The minimum Gasteiger partial charge on any atom is -0.497 e. The number of pyridine rings is 1. The third kappa shape index (κ3) is 4.62. The van der Waals surface area contributed by atoms with Crippen LogP contribution in [0.1, 0.15) is 5.69 Å². The van der Waals surface area contributed by atoms with Crippen molar-refractivity contribution in [3.63, 3.8) is 0 Å². The van der Waals surface area contributed by atoms with Gasteiger partial charge in [0, 0.05) is 0 Å². The molecule has 0 saturated carbocycles. The van der Waals surface area contributed by atoms with Gasteiger partial charge in [-0.05, 0) is 36.4 Å². The average molecular weight is 365 g/mol. The molecule has 0 unspecified atom stereocenters. The molecule has 10 heteroatoms. The van der Waals surface area contributed by atoms with Crippen molar-refractivity contribution >= 4 is 5.82 Å². The maximum atomic E-state index is 12.1. The van der Waals surface area contributed by atoms with Gasteiger partial charge in [0.25, 0.3) is 0 Å². The van der Waals surface area contributed by atoms with E-state index >= 15 is 0 Å². The molecule has 3 aromatic rings. The number of methoxy groups -OCH3 is 1. The smallest absolute Gasteiger partial charge is 0.497 e. The van der Waals surface area contributed by atoms with E-state index in [2.05, 4.69) is 25.3 Å². The van der Waals surface area contributed by atoms with Crippen LogP contribution in [-0.2, 0) is 6.54 Å². The molecule has 0 bridgehead atoms. The fourth-order valence-electron chi connectivity index (χ4n) is 2.10. The fourth-order valence-corrected chi connectivity index (χ4v) is 2.10. The largest absolute Gasteiger partial charge is 0.573 e. The number of nitrogens with zero attached hydrogens (tertiary/aromatic N) is 4. The summed E-state index contributed by atoms with van der Waals surface area (Å²) >= 11 is 0. The Morgan fingerprint density at radius 1 is 1.08 bits per heavy atom. The second-order valence-corrected chi connectivity index (χ2v) is 5.13. The Bertz CT molecular complexity index is 848. The van der Waals surface area contributed by atoms with Gasteiger partial charge in [-0.1, -0.05) is 5.21 Å². The van der Waals surface area contributed by atoms with E-state index in [0.717, 1.165) is 17.6 Å². The van der Waals surface area contributed by atoms with Gasteiger partial charge in [-0.3, -0.25) is 0 Å².